The van der Waals surface area contributed by atoms with Gasteiger partial charge in [-0.1, -0.05) is 57.9 Å². The number of hydrogen-bond donors (Lipinski definition) is 3. The molecule has 1 aliphatic rings. The number of aromatic nitrogens is 5. The zero-order chi connectivity index (χ0) is 29.5. The second-order valence-corrected chi connectivity index (χ2v) is 11.0. The summed E-state index contributed by atoms with van der Waals surface area (Å²) < 4.78 is 0. The molecule has 1 fully saturated rings. The maximum absolute atomic E-state index is 4.59. The molecule has 0 bridgehead atoms. The summed E-state index contributed by atoms with van der Waals surface area (Å²) in [6.07, 6.45) is 22.5. The smallest absolute Gasteiger partial charge is 0.116 e. The van der Waals surface area contributed by atoms with Crippen molar-refractivity contribution in [2.24, 2.45) is 5.92 Å². The van der Waals surface area contributed by atoms with Crippen molar-refractivity contribution < 1.29 is 0 Å². The number of pyridine rings is 3. The number of allylic oxidation sites excluding steroid dienone is 2. The maximum Gasteiger partial charge on any atom is 0.116 e. The average Bonchev–Trinajstić information content (AvgIpc) is 3.41. The van der Waals surface area contributed by atoms with Crippen LogP contribution in [-0.2, 0) is 0 Å². The molecule has 4 aromatic rings. The Labute approximate surface area is 248 Å². The highest BCUT2D eigenvalue weighted by molar-refractivity contribution is 5.89. The minimum Gasteiger partial charge on any atom is -0.358 e. The molecular formula is C35H39N7. The highest BCUT2D eigenvalue weighted by Crippen LogP contribution is 2.30. The van der Waals surface area contributed by atoms with Crippen LogP contribution in [0, 0.1) is 12.8 Å². The second kappa shape index (κ2) is 13.3. The first-order valence-corrected chi connectivity index (χ1v) is 14.6. The number of aromatic amines is 1. The first kappa shape index (κ1) is 28.7. The molecule has 0 spiro atoms. The van der Waals surface area contributed by atoms with Crippen molar-refractivity contribution in [2.75, 3.05) is 10.6 Å². The fourth-order valence-corrected chi connectivity index (χ4v) is 5.59. The first-order valence-electron chi connectivity index (χ1n) is 14.6. The van der Waals surface area contributed by atoms with Crippen molar-refractivity contribution in [3.8, 4) is 11.1 Å². The van der Waals surface area contributed by atoms with Crippen LogP contribution in [0.3, 0.4) is 0 Å². The Balaban J connectivity index is 1.36. The molecule has 7 heteroatoms. The van der Waals surface area contributed by atoms with Crippen LogP contribution < -0.4 is 21.2 Å². The molecule has 4 aromatic heterocycles. The summed E-state index contributed by atoms with van der Waals surface area (Å²) in [6, 6.07) is 6.02. The molecule has 1 aliphatic carbocycles. The summed E-state index contributed by atoms with van der Waals surface area (Å²) in [5, 5.41) is 16.4. The van der Waals surface area contributed by atoms with Gasteiger partial charge in [-0.3, -0.25) is 20.1 Å². The van der Waals surface area contributed by atoms with E-state index in [0.717, 1.165) is 67.8 Å². The van der Waals surface area contributed by atoms with Crippen LogP contribution >= 0.6 is 0 Å². The largest absolute Gasteiger partial charge is 0.358 e. The predicted molar refractivity (Wildman–Crippen MR) is 175 cm³/mol. The van der Waals surface area contributed by atoms with E-state index in [2.05, 4.69) is 68.5 Å². The van der Waals surface area contributed by atoms with Crippen LogP contribution in [0.25, 0.3) is 34.5 Å². The van der Waals surface area contributed by atoms with E-state index < -0.39 is 0 Å². The first-order chi connectivity index (χ1) is 20.4. The fourth-order valence-electron chi connectivity index (χ4n) is 5.59. The van der Waals surface area contributed by atoms with E-state index in [9.17, 15) is 0 Å². The van der Waals surface area contributed by atoms with Gasteiger partial charge in [-0.2, -0.15) is 5.10 Å². The molecule has 3 N–H and O–H groups in total. The number of nitrogens with zero attached hydrogens (tertiary/aromatic N) is 4. The molecule has 5 rings (SSSR count). The lowest BCUT2D eigenvalue weighted by atomic mass is 9.86. The number of rotatable bonds is 10. The molecule has 0 atom stereocenters. The summed E-state index contributed by atoms with van der Waals surface area (Å²) >= 11 is 0. The van der Waals surface area contributed by atoms with E-state index in [0.29, 0.717) is 11.4 Å². The molecule has 214 valence electrons. The van der Waals surface area contributed by atoms with Crippen molar-refractivity contribution in [1.82, 2.24) is 25.1 Å². The van der Waals surface area contributed by atoms with Crippen LogP contribution in [0.2, 0.25) is 0 Å². The summed E-state index contributed by atoms with van der Waals surface area (Å²) in [4.78, 5) is 13.1. The maximum atomic E-state index is 4.59. The van der Waals surface area contributed by atoms with Gasteiger partial charge in [0, 0.05) is 46.8 Å². The molecule has 0 aliphatic heterocycles. The van der Waals surface area contributed by atoms with Crippen molar-refractivity contribution in [3.63, 3.8) is 0 Å². The van der Waals surface area contributed by atoms with E-state index in [1.165, 1.54) is 32.1 Å². The third-order valence-electron chi connectivity index (χ3n) is 7.91. The lowest BCUT2D eigenvalue weighted by molar-refractivity contribution is 0.357. The zero-order valence-electron chi connectivity index (χ0n) is 24.6. The standard InChI is InChI=1S/C35H39N7/c1-6-33-31(16-23(2)29-18-30(20-37-19-29)39-24(3)17-27-10-8-7-9-11-27)35(42-41-33)26(5)40-34-22-38-21-32(25(34)4)28-12-14-36-15-13-28/h6,12-16,18-22,27,39-41H,2-3,5,7-11,17H2,1,4H3/b31-16+,33-6+. The van der Waals surface area contributed by atoms with Gasteiger partial charge in [-0.05, 0) is 67.2 Å². The van der Waals surface area contributed by atoms with Gasteiger partial charge in [0.05, 0.1) is 34.8 Å². The number of anilines is 2. The normalized spacial score (nSPS) is 14.5. The summed E-state index contributed by atoms with van der Waals surface area (Å²) in [6.45, 7) is 17.0. The lowest BCUT2D eigenvalue weighted by Gasteiger charge is -2.22. The molecule has 4 heterocycles. The second-order valence-electron chi connectivity index (χ2n) is 11.0. The molecule has 0 amide bonds. The van der Waals surface area contributed by atoms with Gasteiger partial charge in [0.25, 0.3) is 0 Å². The Morgan fingerprint density at radius 2 is 1.74 bits per heavy atom. The van der Waals surface area contributed by atoms with Gasteiger partial charge in [0.15, 0.2) is 0 Å². The van der Waals surface area contributed by atoms with Crippen molar-refractivity contribution >= 4 is 34.8 Å². The van der Waals surface area contributed by atoms with Gasteiger partial charge in [-0.25, -0.2) is 0 Å². The van der Waals surface area contributed by atoms with Crippen LogP contribution in [-0.4, -0.2) is 25.1 Å². The van der Waals surface area contributed by atoms with E-state index in [-0.39, 0.29) is 0 Å². The Bertz CT molecular complexity index is 1710. The highest BCUT2D eigenvalue weighted by atomic mass is 15.1. The number of hydrogen-bond acceptors (Lipinski definition) is 6. The number of H-pyrrole nitrogens is 1. The summed E-state index contributed by atoms with van der Waals surface area (Å²) in [5.41, 5.74) is 9.07. The van der Waals surface area contributed by atoms with Crippen LogP contribution in [0.4, 0.5) is 11.4 Å². The molecular weight excluding hydrogens is 518 g/mol. The Morgan fingerprint density at radius 3 is 2.50 bits per heavy atom. The highest BCUT2D eigenvalue weighted by Gasteiger charge is 2.15. The fraction of sp³-hybridized carbons (Fsp3) is 0.257. The number of nitrogens with one attached hydrogen (secondary N) is 3. The zero-order valence-corrected chi connectivity index (χ0v) is 24.6. The molecule has 0 saturated heterocycles. The monoisotopic (exact) mass is 557 g/mol. The average molecular weight is 558 g/mol. The quantitative estimate of drug-likeness (QED) is 0.198. The van der Waals surface area contributed by atoms with Crippen LogP contribution in [0.5, 0.6) is 0 Å². The van der Waals surface area contributed by atoms with Gasteiger partial charge < -0.3 is 10.6 Å². The minimum atomic E-state index is 0.655. The summed E-state index contributed by atoms with van der Waals surface area (Å²) in [5.74, 6) is 0.723. The lowest BCUT2D eigenvalue weighted by Crippen LogP contribution is -2.25. The topological polar surface area (TPSA) is 91.4 Å². The molecule has 42 heavy (non-hydrogen) atoms. The van der Waals surface area contributed by atoms with Gasteiger partial charge in [0.1, 0.15) is 5.69 Å². The van der Waals surface area contributed by atoms with E-state index in [1.54, 1.807) is 18.6 Å². The van der Waals surface area contributed by atoms with Gasteiger partial charge in [-0.15, -0.1) is 0 Å². The Kier molecular flexibility index (Phi) is 9.07. The predicted octanol–water partition coefficient (Wildman–Crippen LogP) is 6.84. The third kappa shape index (κ3) is 6.74. The SMILES string of the molecule is C=C(CC1CCCCC1)Nc1cncc(C(=C)/C=c2/c(C(=C)Nc3cncc(-c4ccncc4)c3C)n[nH]/c2=C/C)c1. The summed E-state index contributed by atoms with van der Waals surface area (Å²) in [7, 11) is 0. The molecule has 1 saturated carbocycles. The molecule has 7 nitrogen and oxygen atoms in total. The van der Waals surface area contributed by atoms with E-state index in [1.807, 2.05) is 49.8 Å². The third-order valence-corrected chi connectivity index (χ3v) is 7.91. The van der Waals surface area contributed by atoms with Crippen LogP contribution in [0.15, 0.2) is 80.8 Å². The Morgan fingerprint density at radius 1 is 0.976 bits per heavy atom. The molecule has 0 radical (unpaired) electrons. The van der Waals surface area contributed by atoms with Crippen molar-refractivity contribution in [1.29, 1.82) is 0 Å². The van der Waals surface area contributed by atoms with E-state index in [4.69, 9.17) is 0 Å². The van der Waals surface area contributed by atoms with Crippen molar-refractivity contribution in [2.45, 2.75) is 52.4 Å². The van der Waals surface area contributed by atoms with Gasteiger partial charge >= 0.3 is 0 Å². The van der Waals surface area contributed by atoms with E-state index >= 15 is 0 Å². The molecule has 0 unspecified atom stereocenters. The molecule has 0 aromatic carbocycles. The van der Waals surface area contributed by atoms with Crippen molar-refractivity contribution in [3.05, 3.63) is 108 Å². The van der Waals surface area contributed by atoms with Gasteiger partial charge in [0.2, 0.25) is 0 Å². The van der Waals surface area contributed by atoms with Crippen LogP contribution in [0.1, 0.15) is 62.3 Å². The minimum absolute atomic E-state index is 0.655. The Hall–Kier alpha value is -4.78.